The molecule has 5 heteroatoms. The van der Waals surface area contributed by atoms with Gasteiger partial charge in [-0.25, -0.2) is 4.98 Å². The van der Waals surface area contributed by atoms with Crippen molar-refractivity contribution in [3.8, 4) is 0 Å². The van der Waals surface area contributed by atoms with Gasteiger partial charge in [0.05, 0.1) is 5.57 Å². The molecule has 1 heterocycles. The lowest BCUT2D eigenvalue weighted by Gasteiger charge is -2.12. The molecule has 0 saturated carbocycles. The average Bonchev–Trinajstić information content (AvgIpc) is 2.66. The maximum absolute atomic E-state index is 11.6. The molecule has 0 radical (unpaired) electrons. The SMILES string of the molecule is O=C1CCCC(O)=C1c1ncc(CBr)s1. The van der Waals surface area contributed by atoms with E-state index in [2.05, 4.69) is 20.9 Å². The molecule has 0 aromatic carbocycles. The van der Waals surface area contributed by atoms with Crippen molar-refractivity contribution >= 4 is 38.6 Å². The van der Waals surface area contributed by atoms with E-state index >= 15 is 0 Å². The molecule has 0 saturated heterocycles. The van der Waals surface area contributed by atoms with E-state index in [-0.39, 0.29) is 11.5 Å². The summed E-state index contributed by atoms with van der Waals surface area (Å²) in [5.41, 5.74) is 0.429. The molecular formula is C10H10BrNO2S. The van der Waals surface area contributed by atoms with Crippen LogP contribution in [-0.2, 0) is 10.1 Å². The highest BCUT2D eigenvalue weighted by atomic mass is 79.9. The van der Waals surface area contributed by atoms with Gasteiger partial charge in [-0.05, 0) is 6.42 Å². The molecule has 2 rings (SSSR count). The van der Waals surface area contributed by atoms with Crippen LogP contribution < -0.4 is 0 Å². The first kappa shape index (κ1) is 10.8. The number of aliphatic hydroxyl groups is 1. The molecule has 0 fully saturated rings. The van der Waals surface area contributed by atoms with Gasteiger partial charge in [0, 0.05) is 29.2 Å². The standard InChI is InChI=1S/C10H10BrNO2S/c11-4-6-5-12-10(15-6)9-7(13)2-1-3-8(9)14/h5,13H,1-4H2. The summed E-state index contributed by atoms with van der Waals surface area (Å²) in [6.45, 7) is 0. The highest BCUT2D eigenvalue weighted by Gasteiger charge is 2.24. The highest BCUT2D eigenvalue weighted by molar-refractivity contribution is 9.08. The van der Waals surface area contributed by atoms with Gasteiger partial charge < -0.3 is 5.11 Å². The highest BCUT2D eigenvalue weighted by Crippen LogP contribution is 2.31. The Kier molecular flexibility index (Phi) is 3.21. The van der Waals surface area contributed by atoms with Crippen molar-refractivity contribution in [3.63, 3.8) is 0 Å². The molecule has 0 aliphatic heterocycles. The number of hydrogen-bond acceptors (Lipinski definition) is 4. The van der Waals surface area contributed by atoms with Crippen LogP contribution in [0.3, 0.4) is 0 Å². The number of carbonyl (C=O) groups is 1. The van der Waals surface area contributed by atoms with Crippen molar-refractivity contribution in [1.82, 2.24) is 4.98 Å². The number of aliphatic hydroxyl groups excluding tert-OH is 1. The third-order valence-electron chi connectivity index (χ3n) is 2.28. The van der Waals surface area contributed by atoms with Crippen LogP contribution in [0.5, 0.6) is 0 Å². The molecule has 0 amide bonds. The van der Waals surface area contributed by atoms with Crippen LogP contribution in [0.25, 0.3) is 5.57 Å². The van der Waals surface area contributed by atoms with E-state index in [0.717, 1.165) is 16.6 Å². The number of halogens is 1. The van der Waals surface area contributed by atoms with Crippen molar-refractivity contribution in [2.75, 3.05) is 0 Å². The van der Waals surface area contributed by atoms with Gasteiger partial charge in [-0.15, -0.1) is 11.3 Å². The number of allylic oxidation sites excluding steroid dienone is 2. The Morgan fingerprint density at radius 1 is 1.53 bits per heavy atom. The lowest BCUT2D eigenvalue weighted by Crippen LogP contribution is -2.10. The van der Waals surface area contributed by atoms with Crippen LogP contribution in [0, 0.1) is 0 Å². The van der Waals surface area contributed by atoms with Crippen LogP contribution in [0.4, 0.5) is 0 Å². The second kappa shape index (κ2) is 4.45. The number of rotatable bonds is 2. The summed E-state index contributed by atoms with van der Waals surface area (Å²) in [5, 5.41) is 11.1. The van der Waals surface area contributed by atoms with Gasteiger partial charge in [-0.2, -0.15) is 0 Å². The maximum Gasteiger partial charge on any atom is 0.169 e. The smallest absolute Gasteiger partial charge is 0.169 e. The largest absolute Gasteiger partial charge is 0.511 e. The molecule has 0 spiro atoms. The van der Waals surface area contributed by atoms with Crippen molar-refractivity contribution in [1.29, 1.82) is 0 Å². The first-order valence-electron chi connectivity index (χ1n) is 4.68. The van der Waals surface area contributed by atoms with Crippen molar-refractivity contribution in [2.45, 2.75) is 24.6 Å². The van der Waals surface area contributed by atoms with Crippen molar-refractivity contribution < 1.29 is 9.90 Å². The summed E-state index contributed by atoms with van der Waals surface area (Å²) in [4.78, 5) is 16.9. The fraction of sp³-hybridized carbons (Fsp3) is 0.400. The Bertz CT molecular complexity index is 425. The van der Waals surface area contributed by atoms with Crippen LogP contribution in [0.2, 0.25) is 0 Å². The van der Waals surface area contributed by atoms with Gasteiger partial charge in [-0.1, -0.05) is 15.9 Å². The molecule has 1 aromatic heterocycles. The number of aromatic nitrogens is 1. The second-order valence-corrected chi connectivity index (χ2v) is 5.04. The number of alkyl halides is 1. The number of ketones is 1. The van der Waals surface area contributed by atoms with Gasteiger partial charge in [-0.3, -0.25) is 4.79 Å². The second-order valence-electron chi connectivity index (χ2n) is 3.36. The molecule has 3 nitrogen and oxygen atoms in total. The van der Waals surface area contributed by atoms with Gasteiger partial charge in [0.15, 0.2) is 5.78 Å². The molecule has 0 bridgehead atoms. The maximum atomic E-state index is 11.6. The summed E-state index contributed by atoms with van der Waals surface area (Å²) in [6, 6.07) is 0. The molecule has 1 aliphatic rings. The molecule has 1 aromatic rings. The van der Waals surface area contributed by atoms with Gasteiger partial charge >= 0.3 is 0 Å². The minimum Gasteiger partial charge on any atom is -0.511 e. The van der Waals surface area contributed by atoms with Crippen LogP contribution >= 0.6 is 27.3 Å². The van der Waals surface area contributed by atoms with Crippen LogP contribution in [0.1, 0.15) is 29.1 Å². The Morgan fingerprint density at radius 3 is 2.93 bits per heavy atom. The molecule has 0 unspecified atom stereocenters. The zero-order valence-electron chi connectivity index (χ0n) is 7.99. The molecular weight excluding hydrogens is 278 g/mol. The third kappa shape index (κ3) is 2.13. The van der Waals surface area contributed by atoms with Crippen LogP contribution in [-0.4, -0.2) is 15.9 Å². The van der Waals surface area contributed by atoms with Crippen molar-refractivity contribution in [3.05, 3.63) is 21.8 Å². The summed E-state index contributed by atoms with van der Waals surface area (Å²) < 4.78 is 0. The number of Topliss-reactive ketones (excluding diaryl/α,β-unsaturated/α-hetero) is 1. The topological polar surface area (TPSA) is 50.2 Å². The molecule has 0 atom stereocenters. The minimum absolute atomic E-state index is 0.00854. The third-order valence-corrected chi connectivity index (χ3v) is 4.27. The number of thiazole rings is 1. The number of nitrogens with zero attached hydrogens (tertiary/aromatic N) is 1. The Balaban J connectivity index is 2.40. The summed E-state index contributed by atoms with van der Waals surface area (Å²) in [6.07, 6.45) is 3.58. The predicted molar refractivity (Wildman–Crippen MR) is 63.2 cm³/mol. The summed E-state index contributed by atoms with van der Waals surface area (Å²) >= 11 is 4.78. The monoisotopic (exact) mass is 287 g/mol. The van der Waals surface area contributed by atoms with Crippen LogP contribution in [0.15, 0.2) is 12.0 Å². The van der Waals surface area contributed by atoms with E-state index in [1.807, 2.05) is 0 Å². The van der Waals surface area contributed by atoms with E-state index in [1.165, 1.54) is 11.3 Å². The number of carbonyl (C=O) groups excluding carboxylic acids is 1. The summed E-state index contributed by atoms with van der Waals surface area (Å²) in [5.74, 6) is 0.205. The Morgan fingerprint density at radius 2 is 2.33 bits per heavy atom. The summed E-state index contributed by atoms with van der Waals surface area (Å²) in [7, 11) is 0. The van der Waals surface area contributed by atoms with E-state index in [4.69, 9.17) is 0 Å². The van der Waals surface area contributed by atoms with E-state index < -0.39 is 0 Å². The van der Waals surface area contributed by atoms with Gasteiger partial charge in [0.1, 0.15) is 10.8 Å². The molecule has 15 heavy (non-hydrogen) atoms. The quantitative estimate of drug-likeness (QED) is 0.851. The fourth-order valence-corrected chi connectivity index (χ4v) is 2.89. The zero-order valence-corrected chi connectivity index (χ0v) is 10.4. The lowest BCUT2D eigenvalue weighted by molar-refractivity contribution is -0.114. The van der Waals surface area contributed by atoms with Gasteiger partial charge in [0.25, 0.3) is 0 Å². The van der Waals surface area contributed by atoms with E-state index in [1.54, 1.807) is 6.20 Å². The first-order chi connectivity index (χ1) is 7.22. The minimum atomic E-state index is 0.00854. The molecule has 1 aliphatic carbocycles. The Labute approximate surface area is 100.0 Å². The number of hydrogen-bond donors (Lipinski definition) is 1. The van der Waals surface area contributed by atoms with Crippen molar-refractivity contribution in [2.24, 2.45) is 0 Å². The van der Waals surface area contributed by atoms with E-state index in [0.29, 0.717) is 23.4 Å². The molecule has 80 valence electrons. The normalized spacial score (nSPS) is 17.3. The lowest BCUT2D eigenvalue weighted by atomic mass is 9.97. The zero-order chi connectivity index (χ0) is 10.8. The van der Waals surface area contributed by atoms with E-state index in [9.17, 15) is 9.90 Å². The van der Waals surface area contributed by atoms with Gasteiger partial charge in [0.2, 0.25) is 0 Å². The first-order valence-corrected chi connectivity index (χ1v) is 6.62. The molecule has 1 N–H and O–H groups in total. The Hall–Kier alpha value is -0.680. The fourth-order valence-electron chi connectivity index (χ4n) is 1.55. The average molecular weight is 288 g/mol. The predicted octanol–water partition coefficient (Wildman–Crippen LogP) is 3.06.